The van der Waals surface area contributed by atoms with E-state index in [4.69, 9.17) is 16.2 Å². The molecule has 1 aliphatic heterocycles. The third kappa shape index (κ3) is 4.90. The summed E-state index contributed by atoms with van der Waals surface area (Å²) in [6.07, 6.45) is 1.41. The first-order valence-corrected chi connectivity index (χ1v) is 14.0. The fourth-order valence-corrected chi connectivity index (χ4v) is 5.68. The van der Waals surface area contributed by atoms with Crippen LogP contribution in [0.15, 0.2) is 36.4 Å². The molecule has 1 atom stereocenters. The van der Waals surface area contributed by atoms with E-state index in [1.807, 2.05) is 18.4 Å². The molecule has 2 aromatic carbocycles. The first-order valence-electron chi connectivity index (χ1n) is 14.0. The van der Waals surface area contributed by atoms with Gasteiger partial charge >= 0.3 is 0 Å². The van der Waals surface area contributed by atoms with Crippen LogP contribution in [0, 0.1) is 6.92 Å². The summed E-state index contributed by atoms with van der Waals surface area (Å²) in [5.41, 5.74) is 15.6. The number of aryl methyl sites for hydroxylation is 3. The van der Waals surface area contributed by atoms with Crippen molar-refractivity contribution in [1.82, 2.24) is 28.9 Å². The van der Waals surface area contributed by atoms with E-state index < -0.39 is 11.8 Å². The van der Waals surface area contributed by atoms with Crippen LogP contribution < -0.4 is 26.8 Å². The average molecular weight is 585 g/mol. The molecule has 0 fully saturated rings. The first-order chi connectivity index (χ1) is 20.7. The van der Waals surface area contributed by atoms with Crippen molar-refractivity contribution in [1.29, 1.82) is 0 Å². The zero-order valence-electron chi connectivity index (χ0n) is 24.0. The molecule has 6 N–H and O–H groups in total. The minimum Gasteiger partial charge on any atom is -0.489 e. The Hall–Kier alpha value is -5.40. The standard InChI is InChI=1S/C29H32N10O4/c1-4-38-22(10-15(2)36-38)27(42)35-29-33-19-11-16(25(30)40)7-8-21(19)37(29)9-5-6-18-14-43-23-13-17(26(31)41)12-20-24(23)39(18)28(32-3)34-20/h7-8,10-13,18H,4-6,9,14H2,1-3H3,(H2,30,40)(H2,31,41)(H,32,34)(H,33,35,42). The number of primary amides is 2. The summed E-state index contributed by atoms with van der Waals surface area (Å²) < 4.78 is 11.7. The van der Waals surface area contributed by atoms with Crippen molar-refractivity contribution in [2.24, 2.45) is 11.5 Å². The van der Waals surface area contributed by atoms with Gasteiger partial charge in [-0.1, -0.05) is 0 Å². The maximum absolute atomic E-state index is 13.3. The molecule has 3 aromatic heterocycles. The van der Waals surface area contributed by atoms with Gasteiger partial charge in [-0.05, 0) is 63.1 Å². The van der Waals surface area contributed by atoms with E-state index >= 15 is 0 Å². The monoisotopic (exact) mass is 584 g/mol. The summed E-state index contributed by atoms with van der Waals surface area (Å²) in [5, 5.41) is 10.5. The van der Waals surface area contributed by atoms with Crippen molar-refractivity contribution in [2.75, 3.05) is 24.3 Å². The highest BCUT2D eigenvalue weighted by molar-refractivity contribution is 6.03. The highest BCUT2D eigenvalue weighted by Crippen LogP contribution is 2.38. The molecule has 43 heavy (non-hydrogen) atoms. The topological polar surface area (TPSA) is 190 Å². The molecule has 0 radical (unpaired) electrons. The van der Waals surface area contributed by atoms with Crippen LogP contribution in [0.4, 0.5) is 11.9 Å². The molecule has 5 aromatic rings. The first kappa shape index (κ1) is 27.8. The van der Waals surface area contributed by atoms with E-state index in [-0.39, 0.29) is 11.9 Å². The predicted octanol–water partition coefficient (Wildman–Crippen LogP) is 2.82. The second kappa shape index (κ2) is 10.8. The number of nitrogens with two attached hydrogens (primary N) is 2. The third-order valence-corrected chi connectivity index (χ3v) is 7.67. The average Bonchev–Trinajstić information content (AvgIpc) is 3.67. The van der Waals surface area contributed by atoms with Gasteiger partial charge in [0.1, 0.15) is 23.6 Å². The van der Waals surface area contributed by atoms with E-state index in [0.717, 1.165) is 16.7 Å². The van der Waals surface area contributed by atoms with Gasteiger partial charge < -0.3 is 30.7 Å². The number of benzene rings is 2. The number of nitrogens with one attached hydrogen (secondary N) is 2. The van der Waals surface area contributed by atoms with Crippen LogP contribution in [-0.4, -0.2) is 60.3 Å². The molecule has 222 valence electrons. The second-order valence-corrected chi connectivity index (χ2v) is 10.5. The van der Waals surface area contributed by atoms with E-state index in [2.05, 4.69) is 30.3 Å². The molecule has 1 aliphatic rings. The number of carbonyl (C=O) groups excluding carboxylic acids is 3. The number of anilines is 2. The van der Waals surface area contributed by atoms with Gasteiger partial charge in [-0.3, -0.25) is 24.4 Å². The minimum atomic E-state index is -0.558. The van der Waals surface area contributed by atoms with Gasteiger partial charge in [0.05, 0.1) is 28.3 Å². The molecule has 0 bridgehead atoms. The Kier molecular flexibility index (Phi) is 6.96. The highest BCUT2D eigenvalue weighted by atomic mass is 16.5. The lowest BCUT2D eigenvalue weighted by Crippen LogP contribution is -2.24. The number of aromatic nitrogens is 6. The van der Waals surface area contributed by atoms with Crippen LogP contribution in [0.5, 0.6) is 5.75 Å². The van der Waals surface area contributed by atoms with Gasteiger partial charge in [-0.15, -0.1) is 0 Å². The van der Waals surface area contributed by atoms with E-state index in [1.165, 1.54) is 0 Å². The van der Waals surface area contributed by atoms with Crippen molar-refractivity contribution in [2.45, 2.75) is 45.8 Å². The fraction of sp³-hybridized carbons (Fsp3) is 0.310. The molecule has 1 unspecified atom stereocenters. The summed E-state index contributed by atoms with van der Waals surface area (Å²) in [5.74, 6) is 0.145. The van der Waals surface area contributed by atoms with Gasteiger partial charge in [0.25, 0.3) is 5.91 Å². The van der Waals surface area contributed by atoms with Gasteiger partial charge in [0.2, 0.25) is 23.7 Å². The van der Waals surface area contributed by atoms with Crippen molar-refractivity contribution in [3.05, 3.63) is 58.9 Å². The summed E-state index contributed by atoms with van der Waals surface area (Å²) in [6, 6.07) is 10.1. The normalized spacial score (nSPS) is 14.2. The van der Waals surface area contributed by atoms with E-state index in [9.17, 15) is 14.4 Å². The number of rotatable bonds is 10. The van der Waals surface area contributed by atoms with Crippen LogP contribution in [0.25, 0.3) is 22.1 Å². The zero-order valence-corrected chi connectivity index (χ0v) is 24.0. The number of hydrogen-bond acceptors (Lipinski definition) is 8. The molecule has 6 rings (SSSR count). The molecule has 0 saturated carbocycles. The third-order valence-electron chi connectivity index (χ3n) is 7.67. The molecule has 3 amide bonds. The zero-order chi connectivity index (χ0) is 30.4. The lowest BCUT2D eigenvalue weighted by molar-refractivity contribution is 0.0991. The number of nitrogens with zero attached hydrogens (tertiary/aromatic N) is 6. The molecule has 0 spiro atoms. The number of ether oxygens (including phenoxy) is 1. The molecule has 14 heteroatoms. The second-order valence-electron chi connectivity index (χ2n) is 10.5. The lowest BCUT2D eigenvalue weighted by Gasteiger charge is -2.27. The van der Waals surface area contributed by atoms with Crippen molar-refractivity contribution in [3.8, 4) is 5.75 Å². The van der Waals surface area contributed by atoms with Crippen molar-refractivity contribution >= 4 is 51.7 Å². The molecule has 0 aliphatic carbocycles. The lowest BCUT2D eigenvalue weighted by atomic mass is 10.1. The summed E-state index contributed by atoms with van der Waals surface area (Å²) in [7, 11) is 1.80. The summed E-state index contributed by atoms with van der Waals surface area (Å²) in [6.45, 7) is 5.20. The van der Waals surface area contributed by atoms with Gasteiger partial charge in [0.15, 0.2) is 0 Å². The maximum Gasteiger partial charge on any atom is 0.276 e. The largest absolute Gasteiger partial charge is 0.489 e. The Morgan fingerprint density at radius 1 is 1.02 bits per heavy atom. The SMILES string of the molecule is CCn1nc(C)cc1C(=O)Nc1nc2cc(C(N)=O)ccc2n1CCCC1COc2cc(C(N)=O)cc3nc(NC)n1c23. The Morgan fingerprint density at radius 2 is 1.77 bits per heavy atom. The maximum atomic E-state index is 13.3. The molecule has 14 nitrogen and oxygen atoms in total. The Balaban J connectivity index is 1.29. The number of fused-ring (bicyclic) bond motifs is 1. The van der Waals surface area contributed by atoms with Crippen LogP contribution in [0.2, 0.25) is 0 Å². The van der Waals surface area contributed by atoms with E-state index in [0.29, 0.717) is 78.0 Å². The number of amides is 3. The van der Waals surface area contributed by atoms with Crippen LogP contribution >= 0.6 is 0 Å². The quantitative estimate of drug-likeness (QED) is 0.193. The van der Waals surface area contributed by atoms with Crippen LogP contribution in [0.3, 0.4) is 0 Å². The number of carbonyl (C=O) groups is 3. The highest BCUT2D eigenvalue weighted by Gasteiger charge is 2.28. The summed E-state index contributed by atoms with van der Waals surface area (Å²) in [4.78, 5) is 46.3. The van der Waals surface area contributed by atoms with Crippen molar-refractivity contribution in [3.63, 3.8) is 0 Å². The Morgan fingerprint density at radius 3 is 2.49 bits per heavy atom. The smallest absolute Gasteiger partial charge is 0.276 e. The Bertz CT molecular complexity index is 1920. The van der Waals surface area contributed by atoms with Gasteiger partial charge in [-0.2, -0.15) is 5.10 Å². The minimum absolute atomic E-state index is 0.0458. The number of imidazole rings is 2. The Labute approximate surface area is 246 Å². The number of hydrogen-bond donors (Lipinski definition) is 4. The van der Waals surface area contributed by atoms with Crippen molar-refractivity contribution < 1.29 is 19.1 Å². The summed E-state index contributed by atoms with van der Waals surface area (Å²) >= 11 is 0. The van der Waals surface area contributed by atoms with Gasteiger partial charge in [0, 0.05) is 31.3 Å². The van der Waals surface area contributed by atoms with E-state index in [1.54, 1.807) is 48.1 Å². The van der Waals surface area contributed by atoms with Crippen LogP contribution in [-0.2, 0) is 13.1 Å². The predicted molar refractivity (Wildman–Crippen MR) is 160 cm³/mol. The molecule has 0 saturated heterocycles. The molecule has 4 heterocycles. The molecular formula is C29H32N10O4. The van der Waals surface area contributed by atoms with Crippen LogP contribution in [0.1, 0.15) is 62.7 Å². The molecular weight excluding hydrogens is 552 g/mol. The fourth-order valence-electron chi connectivity index (χ4n) is 5.68. The van der Waals surface area contributed by atoms with Gasteiger partial charge in [-0.25, -0.2) is 9.97 Å².